The van der Waals surface area contributed by atoms with E-state index in [1.54, 1.807) is 15.9 Å². The monoisotopic (exact) mass is 486 g/mol. The van der Waals surface area contributed by atoms with Gasteiger partial charge in [-0.3, -0.25) is 9.59 Å². The van der Waals surface area contributed by atoms with Gasteiger partial charge in [0.05, 0.1) is 12.3 Å². The van der Waals surface area contributed by atoms with E-state index in [1.165, 1.54) is 4.68 Å². The smallest absolute Gasteiger partial charge is 0.356 e. The molecule has 1 N–H and O–H groups in total. The highest BCUT2D eigenvalue weighted by Crippen LogP contribution is 2.36. The zero-order valence-corrected chi connectivity index (χ0v) is 19.9. The molecule has 184 valence electrons. The Labute approximate surface area is 207 Å². The summed E-state index contributed by atoms with van der Waals surface area (Å²) in [5.74, 6) is -0.344. The van der Waals surface area contributed by atoms with Gasteiger partial charge in [0.1, 0.15) is 11.4 Å². The fourth-order valence-corrected chi connectivity index (χ4v) is 5.34. The van der Waals surface area contributed by atoms with Gasteiger partial charge in [0.2, 0.25) is 5.91 Å². The molecule has 6 rings (SSSR count). The molecule has 4 heterocycles. The van der Waals surface area contributed by atoms with E-state index in [1.807, 2.05) is 36.4 Å². The SMILES string of the molecule is CC1COc2ccc(-n3nc(C(=O)O)c4c3C(=O)N(c3ccc(N5CCCCC5=O)cc3)CC4)cc21. The molecule has 3 aromatic rings. The van der Waals surface area contributed by atoms with Crippen molar-refractivity contribution in [2.75, 3.05) is 29.5 Å². The third-order valence-electron chi connectivity index (χ3n) is 7.27. The van der Waals surface area contributed by atoms with Gasteiger partial charge in [-0.15, -0.1) is 0 Å². The Morgan fingerprint density at radius 1 is 0.972 bits per heavy atom. The Morgan fingerprint density at radius 2 is 1.69 bits per heavy atom. The van der Waals surface area contributed by atoms with Crippen molar-refractivity contribution in [3.8, 4) is 11.4 Å². The van der Waals surface area contributed by atoms with E-state index in [0.29, 0.717) is 49.5 Å². The highest BCUT2D eigenvalue weighted by atomic mass is 16.5. The molecule has 0 radical (unpaired) electrons. The van der Waals surface area contributed by atoms with Gasteiger partial charge in [-0.2, -0.15) is 5.10 Å². The van der Waals surface area contributed by atoms with Crippen LogP contribution in [-0.4, -0.2) is 52.4 Å². The number of piperidine rings is 1. The third-order valence-corrected chi connectivity index (χ3v) is 7.27. The first-order valence-corrected chi connectivity index (χ1v) is 12.3. The van der Waals surface area contributed by atoms with Crippen LogP contribution in [0, 0.1) is 0 Å². The number of carbonyl (C=O) groups is 3. The molecular weight excluding hydrogens is 460 g/mol. The summed E-state index contributed by atoms with van der Waals surface area (Å²) in [4.78, 5) is 41.5. The van der Waals surface area contributed by atoms with Gasteiger partial charge in [0, 0.05) is 47.9 Å². The summed E-state index contributed by atoms with van der Waals surface area (Å²) in [5, 5.41) is 14.1. The first kappa shape index (κ1) is 22.3. The van der Waals surface area contributed by atoms with Gasteiger partial charge < -0.3 is 19.6 Å². The quantitative estimate of drug-likeness (QED) is 0.602. The second-order valence-corrected chi connectivity index (χ2v) is 9.55. The highest BCUT2D eigenvalue weighted by Gasteiger charge is 2.35. The number of carboxylic acids is 1. The van der Waals surface area contributed by atoms with Crippen molar-refractivity contribution in [2.45, 2.75) is 38.5 Å². The number of aromatic nitrogens is 2. The van der Waals surface area contributed by atoms with Crippen LogP contribution in [0.15, 0.2) is 42.5 Å². The Bertz CT molecular complexity index is 1390. The Hall–Kier alpha value is -4.14. The second-order valence-electron chi connectivity index (χ2n) is 9.55. The number of ether oxygens (including phenoxy) is 1. The largest absolute Gasteiger partial charge is 0.493 e. The van der Waals surface area contributed by atoms with Gasteiger partial charge in [-0.25, -0.2) is 9.48 Å². The van der Waals surface area contributed by atoms with Gasteiger partial charge >= 0.3 is 5.97 Å². The molecule has 36 heavy (non-hydrogen) atoms. The summed E-state index contributed by atoms with van der Waals surface area (Å²) < 4.78 is 7.15. The molecule has 0 spiro atoms. The van der Waals surface area contributed by atoms with Crippen molar-refractivity contribution in [1.29, 1.82) is 0 Å². The van der Waals surface area contributed by atoms with Crippen LogP contribution >= 0.6 is 0 Å². The molecule has 9 heteroatoms. The van der Waals surface area contributed by atoms with E-state index in [-0.39, 0.29) is 29.1 Å². The number of anilines is 2. The average Bonchev–Trinajstić information content (AvgIpc) is 3.46. The molecule has 0 saturated carbocycles. The number of hydrogen-bond acceptors (Lipinski definition) is 5. The van der Waals surface area contributed by atoms with E-state index in [0.717, 1.165) is 29.8 Å². The van der Waals surface area contributed by atoms with Crippen molar-refractivity contribution in [3.05, 3.63) is 65.0 Å². The number of carboxylic acid groups (broad SMARTS) is 1. The first-order valence-electron chi connectivity index (χ1n) is 12.3. The van der Waals surface area contributed by atoms with Crippen LogP contribution in [0.3, 0.4) is 0 Å². The number of aromatic carboxylic acids is 1. The Kier molecular flexibility index (Phi) is 5.28. The van der Waals surface area contributed by atoms with Crippen LogP contribution in [-0.2, 0) is 11.2 Å². The Morgan fingerprint density at radius 3 is 2.42 bits per heavy atom. The number of nitrogens with zero attached hydrogens (tertiary/aromatic N) is 4. The molecule has 2 amide bonds. The summed E-state index contributed by atoms with van der Waals surface area (Å²) in [6, 6.07) is 13.0. The zero-order chi connectivity index (χ0) is 25.0. The van der Waals surface area contributed by atoms with Crippen molar-refractivity contribution in [1.82, 2.24) is 9.78 Å². The van der Waals surface area contributed by atoms with Crippen LogP contribution in [0.25, 0.3) is 5.69 Å². The summed E-state index contributed by atoms with van der Waals surface area (Å²) >= 11 is 0. The van der Waals surface area contributed by atoms with Crippen LogP contribution in [0.5, 0.6) is 5.75 Å². The predicted octanol–water partition coefficient (Wildman–Crippen LogP) is 3.79. The normalized spacial score (nSPS) is 19.2. The maximum Gasteiger partial charge on any atom is 0.356 e. The predicted molar refractivity (Wildman–Crippen MR) is 132 cm³/mol. The van der Waals surface area contributed by atoms with Gasteiger partial charge in [0.15, 0.2) is 5.69 Å². The number of fused-ring (bicyclic) bond motifs is 2. The molecule has 9 nitrogen and oxygen atoms in total. The third kappa shape index (κ3) is 3.54. The Balaban J connectivity index is 1.36. The van der Waals surface area contributed by atoms with E-state index in [4.69, 9.17) is 4.74 Å². The van der Waals surface area contributed by atoms with Crippen molar-refractivity contribution >= 4 is 29.2 Å². The van der Waals surface area contributed by atoms with E-state index in [2.05, 4.69) is 12.0 Å². The van der Waals surface area contributed by atoms with Crippen molar-refractivity contribution in [2.24, 2.45) is 0 Å². The lowest BCUT2D eigenvalue weighted by molar-refractivity contribution is -0.119. The summed E-state index contributed by atoms with van der Waals surface area (Å²) in [7, 11) is 0. The second kappa shape index (κ2) is 8.51. The van der Waals surface area contributed by atoms with Gasteiger partial charge in [-0.1, -0.05) is 6.92 Å². The molecule has 1 atom stereocenters. The highest BCUT2D eigenvalue weighted by molar-refractivity contribution is 6.09. The van der Waals surface area contributed by atoms with Crippen molar-refractivity contribution in [3.63, 3.8) is 0 Å². The minimum atomic E-state index is -1.15. The number of hydrogen-bond donors (Lipinski definition) is 1. The standard InChI is InChI=1S/C27H26N4O5/c1-16-15-36-22-10-9-19(14-21(16)22)31-25-20(24(28-31)27(34)35)11-13-30(26(25)33)18-7-5-17(6-8-18)29-12-3-2-4-23(29)32/h5-10,14,16H,2-4,11-13,15H2,1H3,(H,34,35). The molecule has 1 saturated heterocycles. The summed E-state index contributed by atoms with van der Waals surface area (Å²) in [5.41, 5.74) is 3.77. The van der Waals surface area contributed by atoms with E-state index in [9.17, 15) is 19.5 Å². The lowest BCUT2D eigenvalue weighted by atomic mass is 10.0. The number of rotatable bonds is 4. The topological polar surface area (TPSA) is 105 Å². The lowest BCUT2D eigenvalue weighted by Gasteiger charge is -2.29. The van der Waals surface area contributed by atoms with Gasteiger partial charge in [-0.05, 0) is 61.7 Å². The molecule has 0 aliphatic carbocycles. The van der Waals surface area contributed by atoms with Gasteiger partial charge in [0.25, 0.3) is 5.91 Å². The fourth-order valence-electron chi connectivity index (χ4n) is 5.34. The van der Waals surface area contributed by atoms with E-state index >= 15 is 0 Å². The molecule has 3 aliphatic rings. The molecule has 1 unspecified atom stereocenters. The zero-order valence-electron chi connectivity index (χ0n) is 19.9. The molecule has 0 bridgehead atoms. The number of amides is 2. The fraction of sp³-hybridized carbons (Fsp3) is 0.333. The molecule has 1 fully saturated rings. The molecular formula is C27H26N4O5. The van der Waals surface area contributed by atoms with Crippen LogP contribution in [0.1, 0.15) is 64.2 Å². The van der Waals surface area contributed by atoms with Crippen LogP contribution < -0.4 is 14.5 Å². The molecule has 1 aromatic heterocycles. The average molecular weight is 487 g/mol. The maximum absolute atomic E-state index is 13.8. The van der Waals surface area contributed by atoms with Crippen molar-refractivity contribution < 1.29 is 24.2 Å². The van der Waals surface area contributed by atoms with Crippen LogP contribution in [0.4, 0.5) is 11.4 Å². The lowest BCUT2D eigenvalue weighted by Crippen LogP contribution is -2.39. The minimum absolute atomic E-state index is 0.0956. The number of benzene rings is 2. The maximum atomic E-state index is 13.8. The minimum Gasteiger partial charge on any atom is -0.493 e. The van der Waals surface area contributed by atoms with E-state index < -0.39 is 5.97 Å². The summed E-state index contributed by atoms with van der Waals surface area (Å²) in [6.07, 6.45) is 2.82. The molecule has 2 aromatic carbocycles. The number of carbonyl (C=O) groups excluding carboxylic acids is 2. The summed E-state index contributed by atoms with van der Waals surface area (Å²) in [6.45, 7) is 3.69. The molecule has 3 aliphatic heterocycles. The van der Waals surface area contributed by atoms with Crippen LogP contribution in [0.2, 0.25) is 0 Å². The first-order chi connectivity index (χ1) is 17.4.